The van der Waals surface area contributed by atoms with E-state index in [4.69, 9.17) is 0 Å². The number of aliphatic hydroxyl groups excluding tert-OH is 1. The second kappa shape index (κ2) is 8.14. The molecule has 0 radical (unpaired) electrons. The van der Waals surface area contributed by atoms with Gasteiger partial charge in [0.15, 0.2) is 0 Å². The normalized spacial score (nSPS) is 31.5. The van der Waals surface area contributed by atoms with Gasteiger partial charge in [-0.3, -0.25) is 14.4 Å². The minimum absolute atomic E-state index is 0. The molecule has 5 atom stereocenters. The van der Waals surface area contributed by atoms with Crippen LogP contribution in [0, 0.1) is 5.92 Å². The molecule has 0 aromatic carbocycles. The predicted octanol–water partition coefficient (Wildman–Crippen LogP) is -5.14. The summed E-state index contributed by atoms with van der Waals surface area (Å²) >= 11 is 1.24. The number of carbonyl (C=O) groups is 4. The molecule has 3 fully saturated rings. The van der Waals surface area contributed by atoms with Crippen molar-refractivity contribution in [2.75, 3.05) is 20.6 Å². The second-order valence-corrected chi connectivity index (χ2v) is 9.74. The molecular formula is C17H24N3NaO6S. The van der Waals surface area contributed by atoms with E-state index in [1.807, 2.05) is 0 Å². The number of thioether (sulfide) groups is 1. The number of hydrogen-bond acceptors (Lipinski definition) is 7. The Hall–Kier alpha value is -0.810. The van der Waals surface area contributed by atoms with Gasteiger partial charge in [-0.05, 0) is 26.7 Å². The topological polar surface area (TPSA) is 121 Å². The molecule has 3 amide bonds. The van der Waals surface area contributed by atoms with Gasteiger partial charge in [0.1, 0.15) is 18.1 Å². The molecule has 0 aliphatic carbocycles. The van der Waals surface area contributed by atoms with Gasteiger partial charge < -0.3 is 29.7 Å². The molecular weight excluding hydrogens is 397 g/mol. The number of amides is 3. The summed E-state index contributed by atoms with van der Waals surface area (Å²) in [6.45, 7) is 3.73. The number of rotatable bonds is 4. The molecule has 0 aromatic heterocycles. The third kappa shape index (κ3) is 3.58. The summed E-state index contributed by atoms with van der Waals surface area (Å²) in [6.07, 6.45) is -0.443. The summed E-state index contributed by atoms with van der Waals surface area (Å²) in [5.74, 6) is -3.80. The van der Waals surface area contributed by atoms with Crippen LogP contribution in [0.5, 0.6) is 0 Å². The number of β-lactam (4-membered cyclic amide) rings is 1. The summed E-state index contributed by atoms with van der Waals surface area (Å²) in [5.41, 5.74) is 0. The smallest absolute Gasteiger partial charge is 0.548 e. The maximum Gasteiger partial charge on any atom is 1.00 e. The van der Waals surface area contributed by atoms with Crippen LogP contribution in [-0.4, -0.2) is 92.4 Å². The van der Waals surface area contributed by atoms with Crippen LogP contribution < -0.4 is 34.7 Å². The van der Waals surface area contributed by atoms with Crippen LogP contribution >= 0.6 is 11.8 Å². The van der Waals surface area contributed by atoms with E-state index in [0.717, 1.165) is 0 Å². The van der Waals surface area contributed by atoms with E-state index in [1.165, 1.54) is 26.5 Å². The van der Waals surface area contributed by atoms with E-state index in [2.05, 4.69) is 0 Å². The third-order valence-corrected chi connectivity index (χ3v) is 7.15. The number of nitrogens with zero attached hydrogens (tertiary/aromatic N) is 3. The fourth-order valence-electron chi connectivity index (χ4n) is 4.22. The quantitative estimate of drug-likeness (QED) is 0.356. The van der Waals surface area contributed by atoms with Crippen molar-refractivity contribution in [1.82, 2.24) is 14.7 Å². The SMILES string of the molecule is CN(C)C(=O)[C@@H]1CCCN1C(=O)[C@@H](O)[C@@H]1C(=O)N2[C@@H]1SC(C)(C)[C@@H]2C(=O)[O-].[Na+]. The van der Waals surface area contributed by atoms with Gasteiger partial charge in [0.05, 0.1) is 17.4 Å². The Balaban J connectivity index is 0.00000280. The Morgan fingerprint density at radius 2 is 1.93 bits per heavy atom. The number of aliphatic carboxylic acids is 1. The Bertz CT molecular complexity index is 702. The molecule has 0 bridgehead atoms. The minimum atomic E-state index is -1.60. The Morgan fingerprint density at radius 1 is 1.32 bits per heavy atom. The van der Waals surface area contributed by atoms with E-state index < -0.39 is 52.0 Å². The molecule has 0 unspecified atom stereocenters. The van der Waals surface area contributed by atoms with Gasteiger partial charge in [0, 0.05) is 25.4 Å². The van der Waals surface area contributed by atoms with Gasteiger partial charge in [0.25, 0.3) is 5.91 Å². The summed E-state index contributed by atoms with van der Waals surface area (Å²) in [7, 11) is 3.20. The average molecular weight is 421 g/mol. The zero-order valence-corrected chi connectivity index (χ0v) is 19.6. The van der Waals surface area contributed by atoms with Gasteiger partial charge >= 0.3 is 29.6 Å². The zero-order chi connectivity index (χ0) is 20.3. The number of carbonyl (C=O) groups excluding carboxylic acids is 4. The molecule has 0 spiro atoms. The average Bonchev–Trinajstić information content (AvgIpc) is 3.14. The molecule has 0 saturated carbocycles. The van der Waals surface area contributed by atoms with E-state index in [0.29, 0.717) is 19.4 Å². The third-order valence-electron chi connectivity index (χ3n) is 5.56. The van der Waals surface area contributed by atoms with Gasteiger partial charge in [-0.1, -0.05) is 0 Å². The summed E-state index contributed by atoms with van der Waals surface area (Å²) in [4.78, 5) is 53.0. The number of fused-ring (bicyclic) bond motifs is 1. The van der Waals surface area contributed by atoms with Crippen molar-refractivity contribution in [2.45, 2.75) is 55.0 Å². The van der Waals surface area contributed by atoms with Gasteiger partial charge in [-0.25, -0.2) is 0 Å². The summed E-state index contributed by atoms with van der Waals surface area (Å²) < 4.78 is -0.784. The number of hydrogen-bond donors (Lipinski definition) is 1. The minimum Gasteiger partial charge on any atom is -0.548 e. The van der Waals surface area contributed by atoms with Crippen LogP contribution in [0.4, 0.5) is 0 Å². The molecule has 11 heteroatoms. The molecule has 9 nitrogen and oxygen atoms in total. The first-order chi connectivity index (χ1) is 12.5. The maximum absolute atomic E-state index is 12.8. The molecule has 0 aromatic rings. The van der Waals surface area contributed by atoms with E-state index in [9.17, 15) is 29.4 Å². The maximum atomic E-state index is 12.8. The van der Waals surface area contributed by atoms with Crippen molar-refractivity contribution in [3.63, 3.8) is 0 Å². The molecule has 3 heterocycles. The Labute approximate surface area is 190 Å². The van der Waals surface area contributed by atoms with E-state index >= 15 is 0 Å². The number of carboxylic acid groups (broad SMARTS) is 1. The molecule has 3 aliphatic heterocycles. The van der Waals surface area contributed by atoms with E-state index in [-0.39, 0.29) is 35.5 Å². The summed E-state index contributed by atoms with van der Waals surface area (Å²) in [5, 5.41) is 21.5. The fraction of sp³-hybridized carbons (Fsp3) is 0.765. The van der Waals surface area contributed by atoms with Crippen molar-refractivity contribution in [2.24, 2.45) is 5.92 Å². The first-order valence-corrected chi connectivity index (χ1v) is 9.77. The molecule has 28 heavy (non-hydrogen) atoms. The first kappa shape index (κ1) is 23.5. The van der Waals surface area contributed by atoms with Crippen LogP contribution in [0.1, 0.15) is 26.7 Å². The van der Waals surface area contributed by atoms with Gasteiger partial charge in [-0.15, -0.1) is 11.8 Å². The monoisotopic (exact) mass is 421 g/mol. The number of aliphatic hydroxyl groups is 1. The van der Waals surface area contributed by atoms with Crippen molar-refractivity contribution in [3.8, 4) is 0 Å². The molecule has 3 rings (SSSR count). The molecule has 3 saturated heterocycles. The van der Waals surface area contributed by atoms with Gasteiger partial charge in [-0.2, -0.15) is 0 Å². The first-order valence-electron chi connectivity index (χ1n) is 8.89. The van der Waals surface area contributed by atoms with Crippen LogP contribution in [-0.2, 0) is 19.2 Å². The predicted molar refractivity (Wildman–Crippen MR) is 94.0 cm³/mol. The van der Waals surface area contributed by atoms with Gasteiger partial charge in [0.2, 0.25) is 11.8 Å². The van der Waals surface area contributed by atoms with E-state index in [1.54, 1.807) is 27.9 Å². The molecule has 3 aliphatic rings. The zero-order valence-electron chi connectivity index (χ0n) is 16.7. The van der Waals surface area contributed by atoms with Crippen LogP contribution in [0.3, 0.4) is 0 Å². The van der Waals surface area contributed by atoms with Crippen LogP contribution in [0.25, 0.3) is 0 Å². The van der Waals surface area contributed by atoms with Crippen LogP contribution in [0.2, 0.25) is 0 Å². The molecule has 1 N–H and O–H groups in total. The fourth-order valence-corrected chi connectivity index (χ4v) is 5.93. The number of carboxylic acids is 1. The number of likely N-dealkylation sites (tertiary alicyclic amines) is 1. The van der Waals surface area contributed by atoms with Crippen molar-refractivity contribution < 1.29 is 58.9 Å². The van der Waals surface area contributed by atoms with Crippen molar-refractivity contribution in [1.29, 1.82) is 0 Å². The van der Waals surface area contributed by atoms with Crippen LogP contribution in [0.15, 0.2) is 0 Å². The number of likely N-dealkylation sites (N-methyl/N-ethyl adjacent to an activating group) is 1. The summed E-state index contributed by atoms with van der Waals surface area (Å²) in [6, 6.07) is -1.74. The Kier molecular flexibility index (Phi) is 6.82. The second-order valence-electron chi connectivity index (χ2n) is 7.97. The largest absolute Gasteiger partial charge is 1.00 e. The van der Waals surface area contributed by atoms with Crippen molar-refractivity contribution >= 4 is 35.5 Å². The Morgan fingerprint density at radius 3 is 2.46 bits per heavy atom. The van der Waals surface area contributed by atoms with Crippen molar-refractivity contribution in [3.05, 3.63) is 0 Å². The molecule has 150 valence electrons. The standard InChI is InChI=1S/C17H25N3O6S.Na/c1-17(2)11(16(25)26)20-13(23)9(15(20)27-17)10(21)14(24)19-7-5-6-8(19)12(22)18(3)4;/h8-11,15,21H,5-7H2,1-4H3,(H,25,26);/q;+1/p-1/t8-,9+,10-,11-,15+;/m0./s1.